The van der Waals surface area contributed by atoms with Crippen LogP contribution in [0.5, 0.6) is 0 Å². The Bertz CT molecular complexity index is 564. The van der Waals surface area contributed by atoms with E-state index in [1.165, 1.54) is 0 Å². The molecule has 0 spiro atoms. The maximum atomic E-state index is 6.89. The monoisotopic (exact) mass is 339 g/mol. The molecule has 0 saturated carbocycles. The van der Waals surface area contributed by atoms with Gasteiger partial charge in [-0.05, 0) is 31.9 Å². The molecule has 1 heterocycles. The van der Waals surface area contributed by atoms with Crippen LogP contribution in [0, 0.1) is 6.57 Å². The Kier molecular flexibility index (Phi) is 3.13. The van der Waals surface area contributed by atoms with Gasteiger partial charge in [0.15, 0.2) is 5.69 Å². The van der Waals surface area contributed by atoms with Crippen molar-refractivity contribution in [3.63, 3.8) is 0 Å². The summed E-state index contributed by atoms with van der Waals surface area (Å²) >= 11 is 6.80. The first-order valence-electron chi connectivity index (χ1n) is 4.49. The van der Waals surface area contributed by atoms with E-state index in [1.54, 1.807) is 12.1 Å². The van der Waals surface area contributed by atoms with E-state index in [1.807, 2.05) is 23.7 Å². The van der Waals surface area contributed by atoms with Crippen molar-refractivity contribution in [2.45, 2.75) is 0 Å². The molecule has 1 aromatic heterocycles. The summed E-state index contributed by atoms with van der Waals surface area (Å²) in [5.74, 6) is 0.857. The highest BCUT2D eigenvalue weighted by molar-refractivity contribution is 9.13. The van der Waals surface area contributed by atoms with Crippen LogP contribution < -0.4 is 0 Å². The summed E-state index contributed by atoms with van der Waals surface area (Å²) in [6, 6.07) is 7.38. The van der Waals surface area contributed by atoms with Gasteiger partial charge in [-0.2, -0.15) is 0 Å². The number of halogens is 2. The Morgan fingerprint density at radius 1 is 1.25 bits per heavy atom. The molecule has 0 aliphatic carbocycles. The average Bonchev–Trinajstić information content (AvgIpc) is 2.57. The predicted octanol–water partition coefficient (Wildman–Crippen LogP) is 4.16. The lowest BCUT2D eigenvalue weighted by Crippen LogP contribution is -1.92. The summed E-state index contributed by atoms with van der Waals surface area (Å²) in [4.78, 5) is 7.75. The van der Waals surface area contributed by atoms with E-state index in [2.05, 4.69) is 41.7 Å². The summed E-state index contributed by atoms with van der Waals surface area (Å²) in [5.41, 5.74) is 1.62. The van der Waals surface area contributed by atoms with E-state index in [-0.39, 0.29) is 0 Å². The topological polar surface area (TPSA) is 22.2 Å². The molecule has 16 heavy (non-hydrogen) atoms. The summed E-state index contributed by atoms with van der Waals surface area (Å²) in [6.07, 6.45) is 0. The predicted molar refractivity (Wildman–Crippen MR) is 70.3 cm³/mol. The zero-order valence-corrected chi connectivity index (χ0v) is 11.6. The molecule has 0 unspecified atom stereocenters. The summed E-state index contributed by atoms with van der Waals surface area (Å²) in [5, 5.41) is 0. The van der Waals surface area contributed by atoms with Crippen LogP contribution in [0.3, 0.4) is 0 Å². The third-order valence-electron chi connectivity index (χ3n) is 2.24. The van der Waals surface area contributed by atoms with Crippen LogP contribution in [0.15, 0.2) is 33.5 Å². The third kappa shape index (κ3) is 1.91. The fraction of sp³-hybridized carbons (Fsp3) is 0.0909. The van der Waals surface area contributed by atoms with Crippen molar-refractivity contribution in [1.29, 1.82) is 0 Å². The van der Waals surface area contributed by atoms with Gasteiger partial charge in [0.1, 0.15) is 15.0 Å². The van der Waals surface area contributed by atoms with Gasteiger partial charge in [-0.3, -0.25) is 0 Å². The molecule has 0 saturated heterocycles. The lowest BCUT2D eigenvalue weighted by Gasteiger charge is -2.02. The van der Waals surface area contributed by atoms with Crippen molar-refractivity contribution >= 4 is 37.5 Å². The summed E-state index contributed by atoms with van der Waals surface area (Å²) in [7, 11) is 1.93. The second-order valence-corrected chi connectivity index (χ2v) is 4.74. The van der Waals surface area contributed by atoms with Gasteiger partial charge in [0.2, 0.25) is 0 Å². The zero-order chi connectivity index (χ0) is 11.7. The van der Waals surface area contributed by atoms with Crippen molar-refractivity contribution in [1.82, 2.24) is 9.55 Å². The zero-order valence-electron chi connectivity index (χ0n) is 8.41. The molecule has 0 aliphatic rings. The smallest absolute Gasteiger partial charge is 0.187 e. The molecule has 0 atom stereocenters. The van der Waals surface area contributed by atoms with E-state index in [9.17, 15) is 0 Å². The second kappa shape index (κ2) is 4.40. The van der Waals surface area contributed by atoms with Gasteiger partial charge in [-0.15, -0.1) is 0 Å². The summed E-state index contributed by atoms with van der Waals surface area (Å²) in [6.45, 7) is 6.89. The molecule has 2 aromatic rings. The van der Waals surface area contributed by atoms with Crippen LogP contribution in [0.2, 0.25) is 0 Å². The maximum Gasteiger partial charge on any atom is 0.187 e. The van der Waals surface area contributed by atoms with Crippen LogP contribution >= 0.6 is 31.9 Å². The standard InChI is InChI=1S/C11H7Br2N3/c1-14-8-5-3-7(4-6-8)11-15-9(12)10(13)16(11)2/h3-6H,2H3. The van der Waals surface area contributed by atoms with Crippen molar-refractivity contribution in [2.75, 3.05) is 0 Å². The van der Waals surface area contributed by atoms with Gasteiger partial charge >= 0.3 is 0 Å². The van der Waals surface area contributed by atoms with E-state index >= 15 is 0 Å². The van der Waals surface area contributed by atoms with Gasteiger partial charge in [0.05, 0.1) is 6.57 Å². The molecule has 3 nitrogen and oxygen atoms in total. The molecule has 0 fully saturated rings. The normalized spacial score (nSPS) is 10.1. The van der Waals surface area contributed by atoms with Gasteiger partial charge in [0, 0.05) is 12.6 Å². The Morgan fingerprint density at radius 2 is 1.88 bits per heavy atom. The molecule has 0 bridgehead atoms. The minimum absolute atomic E-state index is 0.635. The highest BCUT2D eigenvalue weighted by atomic mass is 79.9. The van der Waals surface area contributed by atoms with E-state index in [0.717, 1.165) is 20.6 Å². The first kappa shape index (κ1) is 11.4. The molecule has 0 aliphatic heterocycles. The molecule has 0 amide bonds. The maximum absolute atomic E-state index is 6.89. The molecular weight excluding hydrogens is 334 g/mol. The Labute approximate surface area is 110 Å². The molecule has 5 heteroatoms. The number of hydrogen-bond acceptors (Lipinski definition) is 1. The van der Waals surface area contributed by atoms with Gasteiger partial charge in [-0.25, -0.2) is 9.83 Å². The molecule has 2 rings (SSSR count). The van der Waals surface area contributed by atoms with Crippen LogP contribution in [-0.4, -0.2) is 9.55 Å². The van der Waals surface area contributed by atoms with E-state index in [0.29, 0.717) is 5.69 Å². The largest absolute Gasteiger partial charge is 0.321 e. The number of benzene rings is 1. The molecule has 1 aromatic carbocycles. The van der Waals surface area contributed by atoms with E-state index in [4.69, 9.17) is 6.57 Å². The van der Waals surface area contributed by atoms with Crippen molar-refractivity contribution in [2.24, 2.45) is 7.05 Å². The third-order valence-corrected chi connectivity index (χ3v) is 4.23. The molecular formula is C11H7Br2N3. The minimum Gasteiger partial charge on any atom is -0.321 e. The minimum atomic E-state index is 0.635. The first-order valence-corrected chi connectivity index (χ1v) is 6.07. The lowest BCUT2D eigenvalue weighted by molar-refractivity contribution is 0.901. The molecule has 80 valence electrons. The van der Waals surface area contributed by atoms with Crippen molar-refractivity contribution in [3.8, 4) is 11.4 Å². The highest BCUT2D eigenvalue weighted by Crippen LogP contribution is 2.29. The quantitative estimate of drug-likeness (QED) is 0.714. The van der Waals surface area contributed by atoms with Gasteiger partial charge in [-0.1, -0.05) is 24.3 Å². The van der Waals surface area contributed by atoms with Gasteiger partial charge < -0.3 is 4.57 Å². The Balaban J connectivity index is 2.51. The SMILES string of the molecule is [C-]#[N+]c1ccc(-c2nc(Br)c(Br)n2C)cc1. The van der Waals surface area contributed by atoms with Gasteiger partial charge in [0.25, 0.3) is 0 Å². The fourth-order valence-electron chi connectivity index (χ4n) is 1.39. The molecule has 0 N–H and O–H groups in total. The highest BCUT2D eigenvalue weighted by Gasteiger charge is 2.11. The molecule has 0 radical (unpaired) electrons. The second-order valence-electron chi connectivity index (χ2n) is 3.23. The fourth-order valence-corrected chi connectivity index (χ4v) is 2.08. The number of rotatable bonds is 1. The van der Waals surface area contributed by atoms with Crippen LogP contribution in [0.4, 0.5) is 5.69 Å². The summed E-state index contributed by atoms with van der Waals surface area (Å²) < 4.78 is 3.62. The van der Waals surface area contributed by atoms with Crippen molar-refractivity contribution < 1.29 is 0 Å². The van der Waals surface area contributed by atoms with Crippen LogP contribution in [-0.2, 0) is 7.05 Å². The first-order chi connectivity index (χ1) is 7.63. The van der Waals surface area contributed by atoms with Crippen molar-refractivity contribution in [3.05, 3.63) is 44.9 Å². The van der Waals surface area contributed by atoms with Crippen LogP contribution in [0.25, 0.3) is 16.2 Å². The number of aromatic nitrogens is 2. The van der Waals surface area contributed by atoms with E-state index < -0.39 is 0 Å². The number of hydrogen-bond donors (Lipinski definition) is 0. The van der Waals surface area contributed by atoms with Crippen LogP contribution in [0.1, 0.15) is 0 Å². The average molecular weight is 341 g/mol. The number of nitrogens with zero attached hydrogens (tertiary/aromatic N) is 3. The number of imidazole rings is 1. The Morgan fingerprint density at radius 3 is 2.31 bits per heavy atom. The Hall–Kier alpha value is -1.12. The lowest BCUT2D eigenvalue weighted by atomic mass is 10.2.